The van der Waals surface area contributed by atoms with Crippen LogP contribution in [0.4, 0.5) is 20.4 Å². The lowest BCUT2D eigenvalue weighted by Gasteiger charge is -2.13. The second-order valence-electron chi connectivity index (χ2n) is 3.88. The minimum absolute atomic E-state index is 0.0748. The summed E-state index contributed by atoms with van der Waals surface area (Å²) in [5.74, 6) is -2.05. The third-order valence-electron chi connectivity index (χ3n) is 2.32. The number of pyridine rings is 1. The number of aryl methyl sites for hydroxylation is 1. The van der Waals surface area contributed by atoms with Crippen LogP contribution >= 0.6 is 11.3 Å². The molecule has 4 nitrogen and oxygen atoms in total. The predicted octanol–water partition coefficient (Wildman–Crippen LogP) is 2.88. The molecule has 18 heavy (non-hydrogen) atoms. The van der Waals surface area contributed by atoms with E-state index < -0.39 is 11.6 Å². The maximum absolute atomic E-state index is 13.5. The van der Waals surface area contributed by atoms with Crippen LogP contribution in [0.25, 0.3) is 0 Å². The van der Waals surface area contributed by atoms with E-state index in [1.807, 2.05) is 19.2 Å². The van der Waals surface area contributed by atoms with E-state index in [4.69, 9.17) is 5.73 Å². The maximum atomic E-state index is 13.5. The first-order valence-corrected chi connectivity index (χ1v) is 6.15. The maximum Gasteiger partial charge on any atom is 0.168 e. The molecular weight excluding hydrogens is 258 g/mol. The second kappa shape index (κ2) is 4.85. The van der Waals surface area contributed by atoms with E-state index in [0.717, 1.165) is 10.7 Å². The van der Waals surface area contributed by atoms with Crippen LogP contribution in [0.1, 0.15) is 23.7 Å². The first-order chi connectivity index (χ1) is 8.47. The van der Waals surface area contributed by atoms with Crippen LogP contribution in [0, 0.1) is 18.6 Å². The van der Waals surface area contributed by atoms with Gasteiger partial charge in [-0.05, 0) is 13.8 Å². The van der Waals surface area contributed by atoms with Crippen LogP contribution in [0.2, 0.25) is 0 Å². The Morgan fingerprint density at radius 2 is 2.06 bits per heavy atom. The minimum atomic E-state index is -0.865. The van der Waals surface area contributed by atoms with Crippen molar-refractivity contribution in [2.75, 3.05) is 11.1 Å². The highest BCUT2D eigenvalue weighted by Gasteiger charge is 2.14. The number of thiazole rings is 1. The number of nitrogens with two attached hydrogens (primary N) is 1. The number of anilines is 2. The third kappa shape index (κ3) is 2.56. The number of aromatic nitrogens is 2. The molecule has 2 rings (SSSR count). The van der Waals surface area contributed by atoms with Gasteiger partial charge < -0.3 is 11.1 Å². The molecular formula is C11H12F2N4S. The van der Waals surface area contributed by atoms with E-state index >= 15 is 0 Å². The van der Waals surface area contributed by atoms with Crippen LogP contribution in [-0.4, -0.2) is 9.97 Å². The zero-order chi connectivity index (χ0) is 13.3. The van der Waals surface area contributed by atoms with Gasteiger partial charge in [-0.3, -0.25) is 0 Å². The number of halogens is 2. The lowest BCUT2D eigenvalue weighted by atomic mass is 10.3. The van der Waals surface area contributed by atoms with Crippen molar-refractivity contribution in [3.05, 3.63) is 33.8 Å². The Labute approximate surface area is 107 Å². The molecule has 0 saturated carbocycles. The van der Waals surface area contributed by atoms with Crippen LogP contribution in [0.3, 0.4) is 0 Å². The predicted molar refractivity (Wildman–Crippen MR) is 67.5 cm³/mol. The molecule has 96 valence electrons. The molecule has 3 N–H and O–H groups in total. The summed E-state index contributed by atoms with van der Waals surface area (Å²) in [5.41, 5.74) is 6.20. The third-order valence-corrected chi connectivity index (χ3v) is 3.46. The smallest absolute Gasteiger partial charge is 0.168 e. The van der Waals surface area contributed by atoms with Crippen molar-refractivity contribution in [1.29, 1.82) is 0 Å². The summed E-state index contributed by atoms with van der Waals surface area (Å²) >= 11 is 1.46. The molecule has 0 aliphatic carbocycles. The summed E-state index contributed by atoms with van der Waals surface area (Å²) < 4.78 is 26.4. The van der Waals surface area contributed by atoms with Gasteiger partial charge in [-0.25, -0.2) is 18.7 Å². The van der Waals surface area contributed by atoms with Gasteiger partial charge in [0.1, 0.15) is 5.01 Å². The van der Waals surface area contributed by atoms with Gasteiger partial charge in [0.2, 0.25) is 0 Å². The Balaban J connectivity index is 2.21. The highest BCUT2D eigenvalue weighted by Crippen LogP contribution is 2.24. The molecule has 0 radical (unpaired) electrons. The summed E-state index contributed by atoms with van der Waals surface area (Å²) in [7, 11) is 0. The van der Waals surface area contributed by atoms with Crippen molar-refractivity contribution in [3.8, 4) is 0 Å². The molecule has 7 heteroatoms. The number of hydrogen-bond acceptors (Lipinski definition) is 5. The van der Waals surface area contributed by atoms with Crippen molar-refractivity contribution in [2.24, 2.45) is 0 Å². The van der Waals surface area contributed by atoms with Gasteiger partial charge in [0.25, 0.3) is 0 Å². The Morgan fingerprint density at radius 3 is 2.67 bits per heavy atom. The van der Waals surface area contributed by atoms with Crippen molar-refractivity contribution in [1.82, 2.24) is 9.97 Å². The lowest BCUT2D eigenvalue weighted by Crippen LogP contribution is -2.11. The topological polar surface area (TPSA) is 63.8 Å². The minimum Gasteiger partial charge on any atom is -0.381 e. The Hall–Kier alpha value is -1.76. The van der Waals surface area contributed by atoms with E-state index in [1.54, 1.807) is 0 Å². The van der Waals surface area contributed by atoms with Gasteiger partial charge >= 0.3 is 0 Å². The normalized spacial score (nSPS) is 12.4. The van der Waals surface area contributed by atoms with Gasteiger partial charge in [0.15, 0.2) is 23.3 Å². The fourth-order valence-electron chi connectivity index (χ4n) is 1.42. The number of nitrogens with zero attached hydrogens (tertiary/aromatic N) is 2. The zero-order valence-electron chi connectivity index (χ0n) is 9.87. The van der Waals surface area contributed by atoms with E-state index in [2.05, 4.69) is 15.3 Å². The van der Waals surface area contributed by atoms with Crippen LogP contribution in [-0.2, 0) is 0 Å². The van der Waals surface area contributed by atoms with E-state index in [9.17, 15) is 8.78 Å². The monoisotopic (exact) mass is 270 g/mol. The average Bonchev–Trinajstić information content (AvgIpc) is 2.73. The number of nitrogens with one attached hydrogen (secondary N) is 1. The molecule has 2 aromatic heterocycles. The van der Waals surface area contributed by atoms with E-state index in [0.29, 0.717) is 6.07 Å². The highest BCUT2D eigenvalue weighted by molar-refractivity contribution is 7.09. The van der Waals surface area contributed by atoms with E-state index in [1.165, 1.54) is 11.3 Å². The second-order valence-corrected chi connectivity index (χ2v) is 4.77. The molecule has 0 aromatic carbocycles. The molecule has 0 aliphatic heterocycles. The lowest BCUT2D eigenvalue weighted by molar-refractivity contribution is 0.578. The standard InChI is InChI=1S/C11H12F2N4S/c1-5-4-18-11(15-5)6(2)16-10-8(13)3-7(12)9(14)17-10/h3-4,6H,1-2H3,(H3,14,16,17). The van der Waals surface area contributed by atoms with Crippen molar-refractivity contribution >= 4 is 23.0 Å². The summed E-state index contributed by atoms with van der Waals surface area (Å²) in [4.78, 5) is 7.91. The Bertz CT molecular complexity index is 570. The average molecular weight is 270 g/mol. The van der Waals surface area contributed by atoms with Gasteiger partial charge in [0, 0.05) is 17.1 Å². The highest BCUT2D eigenvalue weighted by atomic mass is 32.1. The summed E-state index contributed by atoms with van der Waals surface area (Å²) in [6.07, 6.45) is 0. The molecule has 0 amide bonds. The van der Waals surface area contributed by atoms with Crippen LogP contribution in [0.15, 0.2) is 11.4 Å². The van der Waals surface area contributed by atoms with E-state index in [-0.39, 0.29) is 17.7 Å². The summed E-state index contributed by atoms with van der Waals surface area (Å²) in [6, 6.07) is 0.486. The Morgan fingerprint density at radius 1 is 1.33 bits per heavy atom. The largest absolute Gasteiger partial charge is 0.381 e. The molecule has 0 fully saturated rings. The van der Waals surface area contributed by atoms with Crippen molar-refractivity contribution in [3.63, 3.8) is 0 Å². The summed E-state index contributed by atoms with van der Waals surface area (Å²) in [6.45, 7) is 3.69. The quantitative estimate of drug-likeness (QED) is 0.900. The fourth-order valence-corrected chi connectivity index (χ4v) is 2.22. The van der Waals surface area contributed by atoms with Gasteiger partial charge in [-0.15, -0.1) is 11.3 Å². The fraction of sp³-hybridized carbons (Fsp3) is 0.273. The van der Waals surface area contributed by atoms with Crippen LogP contribution in [0.5, 0.6) is 0 Å². The zero-order valence-corrected chi connectivity index (χ0v) is 10.7. The van der Waals surface area contributed by atoms with Crippen LogP contribution < -0.4 is 11.1 Å². The molecule has 0 saturated heterocycles. The first-order valence-electron chi connectivity index (χ1n) is 5.27. The van der Waals surface area contributed by atoms with Gasteiger partial charge in [-0.2, -0.15) is 0 Å². The van der Waals surface area contributed by atoms with Crippen molar-refractivity contribution in [2.45, 2.75) is 19.9 Å². The molecule has 2 heterocycles. The van der Waals surface area contributed by atoms with Gasteiger partial charge in [-0.1, -0.05) is 0 Å². The SMILES string of the molecule is Cc1csc(C(C)Nc2nc(N)c(F)cc2F)n1. The molecule has 0 aliphatic rings. The summed E-state index contributed by atoms with van der Waals surface area (Å²) in [5, 5.41) is 5.52. The molecule has 2 aromatic rings. The molecule has 1 atom stereocenters. The first kappa shape index (κ1) is 12.7. The number of rotatable bonds is 3. The molecule has 0 bridgehead atoms. The van der Waals surface area contributed by atoms with Gasteiger partial charge in [0.05, 0.1) is 6.04 Å². The molecule has 0 spiro atoms. The number of nitrogen functional groups attached to an aromatic ring is 1. The van der Waals surface area contributed by atoms with Crippen molar-refractivity contribution < 1.29 is 8.78 Å². The molecule has 1 unspecified atom stereocenters. The Kier molecular flexibility index (Phi) is 3.42. The number of hydrogen-bond donors (Lipinski definition) is 2.